The lowest BCUT2D eigenvalue weighted by atomic mass is 10.1. The van der Waals surface area contributed by atoms with Gasteiger partial charge < -0.3 is 20.4 Å². The molecule has 2 aromatic rings. The predicted molar refractivity (Wildman–Crippen MR) is 74.7 cm³/mol. The molecule has 0 saturated heterocycles. The minimum Gasteiger partial charge on any atom is -0.383 e. The van der Waals surface area contributed by atoms with Crippen LogP contribution in [0.2, 0.25) is 0 Å². The molecular formula is C14H19N3O2. The third-order valence-electron chi connectivity index (χ3n) is 2.98. The Morgan fingerprint density at radius 3 is 3.00 bits per heavy atom. The van der Waals surface area contributed by atoms with E-state index in [1.54, 1.807) is 7.11 Å². The summed E-state index contributed by atoms with van der Waals surface area (Å²) in [5.74, 6) is -0.332. The predicted octanol–water partition coefficient (Wildman–Crippen LogP) is 0.863. The Morgan fingerprint density at radius 2 is 2.26 bits per heavy atom. The number of hydrogen-bond acceptors (Lipinski definition) is 3. The second kappa shape index (κ2) is 6.36. The fourth-order valence-corrected chi connectivity index (χ4v) is 2.05. The zero-order valence-corrected chi connectivity index (χ0v) is 11.1. The molecule has 0 aliphatic rings. The van der Waals surface area contributed by atoms with Gasteiger partial charge in [-0.25, -0.2) is 0 Å². The number of nitrogens with one attached hydrogen (secondary N) is 1. The van der Waals surface area contributed by atoms with Crippen LogP contribution < -0.4 is 11.1 Å². The van der Waals surface area contributed by atoms with Gasteiger partial charge in [-0.05, 0) is 23.1 Å². The Labute approximate surface area is 112 Å². The second-order valence-electron chi connectivity index (χ2n) is 4.47. The Balaban J connectivity index is 2.11. The SMILES string of the molecule is COCCNCc1ccc2ccn(CC(N)=O)c2c1. The van der Waals surface area contributed by atoms with Gasteiger partial charge in [0, 0.05) is 31.9 Å². The highest BCUT2D eigenvalue weighted by Crippen LogP contribution is 2.17. The second-order valence-corrected chi connectivity index (χ2v) is 4.47. The average Bonchev–Trinajstić information content (AvgIpc) is 2.77. The van der Waals surface area contributed by atoms with Crippen LogP contribution in [-0.2, 0) is 22.6 Å². The summed E-state index contributed by atoms with van der Waals surface area (Å²) in [6.45, 7) is 2.50. The van der Waals surface area contributed by atoms with E-state index in [0.29, 0.717) is 6.61 Å². The summed E-state index contributed by atoms with van der Waals surface area (Å²) in [6, 6.07) is 8.20. The first kappa shape index (κ1) is 13.6. The van der Waals surface area contributed by atoms with Gasteiger partial charge in [-0.2, -0.15) is 0 Å². The van der Waals surface area contributed by atoms with Crippen LogP contribution in [0, 0.1) is 0 Å². The number of rotatable bonds is 7. The van der Waals surface area contributed by atoms with Gasteiger partial charge in [0.25, 0.3) is 0 Å². The van der Waals surface area contributed by atoms with Crippen molar-refractivity contribution in [1.29, 1.82) is 0 Å². The number of aromatic nitrogens is 1. The number of carbonyl (C=O) groups is 1. The Kier molecular flexibility index (Phi) is 4.54. The maximum atomic E-state index is 11.0. The quantitative estimate of drug-likeness (QED) is 0.726. The number of benzene rings is 1. The summed E-state index contributed by atoms with van der Waals surface area (Å²) in [6.07, 6.45) is 1.89. The molecule has 1 amide bonds. The van der Waals surface area contributed by atoms with Gasteiger partial charge in [0.2, 0.25) is 5.91 Å². The van der Waals surface area contributed by atoms with E-state index >= 15 is 0 Å². The Bertz CT molecular complexity index is 563. The fraction of sp³-hybridized carbons (Fsp3) is 0.357. The van der Waals surface area contributed by atoms with Crippen molar-refractivity contribution in [3.63, 3.8) is 0 Å². The molecule has 0 atom stereocenters. The average molecular weight is 261 g/mol. The van der Waals surface area contributed by atoms with Gasteiger partial charge in [0.1, 0.15) is 6.54 Å². The highest BCUT2D eigenvalue weighted by atomic mass is 16.5. The molecule has 3 N–H and O–H groups in total. The number of fused-ring (bicyclic) bond motifs is 1. The largest absolute Gasteiger partial charge is 0.383 e. The highest BCUT2D eigenvalue weighted by Gasteiger charge is 2.04. The number of ether oxygens (including phenoxy) is 1. The molecule has 0 saturated carbocycles. The van der Waals surface area contributed by atoms with Gasteiger partial charge in [0.05, 0.1) is 6.61 Å². The molecule has 102 valence electrons. The molecule has 19 heavy (non-hydrogen) atoms. The molecule has 0 aliphatic heterocycles. The highest BCUT2D eigenvalue weighted by molar-refractivity contribution is 5.83. The lowest BCUT2D eigenvalue weighted by Crippen LogP contribution is -2.19. The van der Waals surface area contributed by atoms with Crippen molar-refractivity contribution < 1.29 is 9.53 Å². The van der Waals surface area contributed by atoms with Gasteiger partial charge in [0.15, 0.2) is 0 Å². The van der Waals surface area contributed by atoms with E-state index in [4.69, 9.17) is 10.5 Å². The van der Waals surface area contributed by atoms with Gasteiger partial charge >= 0.3 is 0 Å². The van der Waals surface area contributed by atoms with Crippen LogP contribution >= 0.6 is 0 Å². The molecule has 5 nitrogen and oxygen atoms in total. The molecule has 0 bridgehead atoms. The number of nitrogens with zero attached hydrogens (tertiary/aromatic N) is 1. The van der Waals surface area contributed by atoms with Gasteiger partial charge in [-0.1, -0.05) is 12.1 Å². The third kappa shape index (κ3) is 3.56. The molecule has 2 rings (SSSR count). The maximum Gasteiger partial charge on any atom is 0.237 e. The zero-order chi connectivity index (χ0) is 13.7. The summed E-state index contributed by atoms with van der Waals surface area (Å²) in [7, 11) is 1.68. The van der Waals surface area contributed by atoms with Gasteiger partial charge in [-0.15, -0.1) is 0 Å². The van der Waals surface area contributed by atoms with Crippen molar-refractivity contribution in [3.05, 3.63) is 36.0 Å². The van der Waals surface area contributed by atoms with Crippen LogP contribution in [0.5, 0.6) is 0 Å². The summed E-state index contributed by atoms with van der Waals surface area (Å²) in [5.41, 5.74) is 7.45. The topological polar surface area (TPSA) is 69.3 Å². The number of methoxy groups -OCH3 is 1. The van der Waals surface area contributed by atoms with Gasteiger partial charge in [-0.3, -0.25) is 4.79 Å². The fourth-order valence-electron chi connectivity index (χ4n) is 2.05. The van der Waals surface area contributed by atoms with Crippen molar-refractivity contribution in [2.24, 2.45) is 5.73 Å². The number of carbonyl (C=O) groups excluding carboxylic acids is 1. The molecule has 0 fully saturated rings. The number of hydrogen-bond donors (Lipinski definition) is 2. The molecule has 1 heterocycles. The Hall–Kier alpha value is -1.85. The first-order valence-electron chi connectivity index (χ1n) is 6.26. The summed E-state index contributed by atoms with van der Waals surface area (Å²) in [4.78, 5) is 11.0. The van der Waals surface area contributed by atoms with Crippen molar-refractivity contribution in [2.75, 3.05) is 20.3 Å². The standard InChI is InChI=1S/C14H19N3O2/c1-19-7-5-16-9-11-2-3-12-4-6-17(10-14(15)18)13(12)8-11/h2-4,6,8,16H,5,7,9-10H2,1H3,(H2,15,18). The van der Waals surface area contributed by atoms with Crippen molar-refractivity contribution in [1.82, 2.24) is 9.88 Å². The minimum atomic E-state index is -0.332. The van der Waals surface area contributed by atoms with Crippen molar-refractivity contribution in [2.45, 2.75) is 13.1 Å². The monoisotopic (exact) mass is 261 g/mol. The van der Waals surface area contributed by atoms with Crippen LogP contribution in [0.25, 0.3) is 10.9 Å². The molecule has 5 heteroatoms. The molecule has 1 aromatic heterocycles. The van der Waals surface area contributed by atoms with Crippen LogP contribution in [0.4, 0.5) is 0 Å². The normalized spacial score (nSPS) is 11.0. The lowest BCUT2D eigenvalue weighted by Gasteiger charge is -2.06. The van der Waals surface area contributed by atoms with Crippen molar-refractivity contribution in [3.8, 4) is 0 Å². The third-order valence-corrected chi connectivity index (χ3v) is 2.98. The van der Waals surface area contributed by atoms with E-state index < -0.39 is 0 Å². The number of nitrogens with two attached hydrogens (primary N) is 1. The van der Waals surface area contributed by atoms with Crippen LogP contribution in [-0.4, -0.2) is 30.7 Å². The smallest absolute Gasteiger partial charge is 0.237 e. The molecule has 0 aliphatic carbocycles. The molecule has 1 aromatic carbocycles. The van der Waals surface area contributed by atoms with Crippen molar-refractivity contribution >= 4 is 16.8 Å². The summed E-state index contributed by atoms with van der Waals surface area (Å²) >= 11 is 0. The van der Waals surface area contributed by atoms with E-state index in [2.05, 4.69) is 23.5 Å². The minimum absolute atomic E-state index is 0.212. The molecule has 0 unspecified atom stereocenters. The van der Waals surface area contributed by atoms with E-state index in [1.165, 1.54) is 5.56 Å². The Morgan fingerprint density at radius 1 is 1.42 bits per heavy atom. The number of primary amides is 1. The summed E-state index contributed by atoms with van der Waals surface area (Å²) < 4.78 is 6.85. The number of amides is 1. The maximum absolute atomic E-state index is 11.0. The van der Waals surface area contributed by atoms with E-state index in [9.17, 15) is 4.79 Å². The van der Waals surface area contributed by atoms with Crippen LogP contribution in [0.3, 0.4) is 0 Å². The van der Waals surface area contributed by atoms with E-state index in [0.717, 1.165) is 24.0 Å². The summed E-state index contributed by atoms with van der Waals surface area (Å²) in [5, 5.41) is 4.41. The van der Waals surface area contributed by atoms with E-state index in [1.807, 2.05) is 16.8 Å². The first-order chi connectivity index (χ1) is 9.20. The zero-order valence-electron chi connectivity index (χ0n) is 11.1. The lowest BCUT2D eigenvalue weighted by molar-refractivity contribution is -0.118. The van der Waals surface area contributed by atoms with Crippen LogP contribution in [0.1, 0.15) is 5.56 Å². The molecular weight excluding hydrogens is 242 g/mol. The molecule has 0 spiro atoms. The first-order valence-corrected chi connectivity index (χ1v) is 6.26. The van der Waals surface area contributed by atoms with Crippen LogP contribution in [0.15, 0.2) is 30.5 Å². The van der Waals surface area contributed by atoms with E-state index in [-0.39, 0.29) is 12.5 Å². The molecule has 0 radical (unpaired) electrons.